The number of hydrogen-bond acceptors (Lipinski definition) is 6. The molecule has 0 aliphatic carbocycles. The molecule has 7 nitrogen and oxygen atoms in total. The molecular weight excluding hydrogens is 226 g/mol. The van der Waals surface area contributed by atoms with E-state index in [0.717, 1.165) is 17.7 Å². The summed E-state index contributed by atoms with van der Waals surface area (Å²) in [6.45, 7) is 3.95. The first kappa shape index (κ1) is 11.2. The summed E-state index contributed by atoms with van der Waals surface area (Å²) in [6, 6.07) is 0.121. The van der Waals surface area contributed by atoms with Crippen molar-refractivity contribution in [3.63, 3.8) is 0 Å². The summed E-state index contributed by atoms with van der Waals surface area (Å²) in [5.74, 6) is 0.111. The Morgan fingerprint density at radius 3 is 2.76 bits per heavy atom. The molecule has 0 unspecified atom stereocenters. The number of carbonyl (C=O) groups is 1. The van der Waals surface area contributed by atoms with Crippen LogP contribution in [0.15, 0.2) is 15.1 Å². The number of oxazole rings is 2. The van der Waals surface area contributed by atoms with Gasteiger partial charge in [0, 0.05) is 0 Å². The fourth-order valence-electron chi connectivity index (χ4n) is 1.22. The van der Waals surface area contributed by atoms with Crippen LogP contribution >= 0.6 is 0 Å². The smallest absolute Gasteiger partial charge is 0.357 e. The summed E-state index contributed by atoms with van der Waals surface area (Å²) in [5, 5.41) is 11.4. The Bertz CT molecular complexity index is 524. The average molecular weight is 237 g/mol. The highest BCUT2D eigenvalue weighted by atomic mass is 16.4. The quantitative estimate of drug-likeness (QED) is 0.832. The van der Waals surface area contributed by atoms with Crippen molar-refractivity contribution in [1.29, 1.82) is 0 Å². The van der Waals surface area contributed by atoms with Crippen LogP contribution in [0.1, 0.15) is 27.8 Å². The number of carboxylic acids is 1. The number of rotatable bonds is 4. The molecule has 2 aromatic heterocycles. The van der Waals surface area contributed by atoms with Crippen molar-refractivity contribution in [2.45, 2.75) is 20.4 Å². The zero-order valence-electron chi connectivity index (χ0n) is 9.35. The van der Waals surface area contributed by atoms with E-state index in [0.29, 0.717) is 5.89 Å². The van der Waals surface area contributed by atoms with Crippen molar-refractivity contribution in [1.82, 2.24) is 9.97 Å². The Kier molecular flexibility index (Phi) is 2.82. The maximum Gasteiger partial charge on any atom is 0.357 e. The Morgan fingerprint density at radius 1 is 1.47 bits per heavy atom. The van der Waals surface area contributed by atoms with Crippen LogP contribution in [0.2, 0.25) is 0 Å². The van der Waals surface area contributed by atoms with Gasteiger partial charge in [0.2, 0.25) is 5.89 Å². The maximum atomic E-state index is 10.6. The normalized spacial score (nSPS) is 10.5. The molecule has 0 bridgehead atoms. The molecule has 0 spiro atoms. The van der Waals surface area contributed by atoms with Gasteiger partial charge in [-0.15, -0.1) is 0 Å². The summed E-state index contributed by atoms with van der Waals surface area (Å²) in [7, 11) is 0. The van der Waals surface area contributed by atoms with Crippen LogP contribution in [0.25, 0.3) is 0 Å². The Labute approximate surface area is 96.5 Å². The van der Waals surface area contributed by atoms with Gasteiger partial charge >= 0.3 is 5.97 Å². The van der Waals surface area contributed by atoms with Gasteiger partial charge in [-0.25, -0.2) is 9.78 Å². The lowest BCUT2D eigenvalue weighted by atomic mass is 10.4. The molecule has 2 N–H and O–H groups in total. The first-order valence-electron chi connectivity index (χ1n) is 4.92. The van der Waals surface area contributed by atoms with Gasteiger partial charge in [0.05, 0.1) is 12.2 Å². The van der Waals surface area contributed by atoms with Crippen molar-refractivity contribution in [3.8, 4) is 0 Å². The first-order valence-corrected chi connectivity index (χ1v) is 4.92. The van der Waals surface area contributed by atoms with Gasteiger partial charge in [0.1, 0.15) is 12.0 Å². The molecule has 0 aliphatic heterocycles. The molecule has 0 fully saturated rings. The van der Waals surface area contributed by atoms with E-state index in [4.69, 9.17) is 13.9 Å². The topological polar surface area (TPSA) is 101 Å². The summed E-state index contributed by atoms with van der Waals surface area (Å²) < 4.78 is 10.2. The van der Waals surface area contributed by atoms with E-state index in [-0.39, 0.29) is 18.3 Å². The SMILES string of the molecule is Cc1nc(CNc2nc(C(=O)O)co2)oc1C. The molecule has 0 amide bonds. The number of aromatic nitrogens is 2. The minimum absolute atomic E-state index is 0.121. The maximum absolute atomic E-state index is 10.6. The van der Waals surface area contributed by atoms with Gasteiger partial charge in [0.15, 0.2) is 5.69 Å². The van der Waals surface area contributed by atoms with E-state index in [2.05, 4.69) is 15.3 Å². The Balaban J connectivity index is 1.99. The minimum Gasteiger partial charge on any atom is -0.476 e. The molecule has 2 aromatic rings. The van der Waals surface area contributed by atoms with Crippen molar-refractivity contribution >= 4 is 12.0 Å². The van der Waals surface area contributed by atoms with E-state index in [9.17, 15) is 4.79 Å². The molecule has 2 heterocycles. The molecular formula is C10H11N3O4. The largest absolute Gasteiger partial charge is 0.476 e. The molecule has 2 rings (SSSR count). The van der Waals surface area contributed by atoms with Crippen LogP contribution in [-0.2, 0) is 6.54 Å². The highest BCUT2D eigenvalue weighted by Gasteiger charge is 2.11. The average Bonchev–Trinajstić information content (AvgIpc) is 2.84. The van der Waals surface area contributed by atoms with E-state index in [1.165, 1.54) is 0 Å². The number of aryl methyl sites for hydroxylation is 2. The number of aromatic carboxylic acids is 1. The predicted octanol–water partition coefficient (Wildman–Crippen LogP) is 1.59. The third kappa shape index (κ3) is 2.44. The lowest BCUT2D eigenvalue weighted by molar-refractivity contribution is 0.0690. The number of carboxylic acid groups (broad SMARTS) is 1. The van der Waals surface area contributed by atoms with Gasteiger partial charge in [-0.1, -0.05) is 0 Å². The number of anilines is 1. The lowest BCUT2D eigenvalue weighted by Gasteiger charge is -1.95. The highest BCUT2D eigenvalue weighted by molar-refractivity contribution is 5.85. The highest BCUT2D eigenvalue weighted by Crippen LogP contribution is 2.11. The second kappa shape index (κ2) is 4.28. The van der Waals surface area contributed by atoms with Gasteiger partial charge in [0.25, 0.3) is 6.01 Å². The van der Waals surface area contributed by atoms with Crippen LogP contribution in [0, 0.1) is 13.8 Å². The number of hydrogen-bond donors (Lipinski definition) is 2. The summed E-state index contributed by atoms with van der Waals surface area (Å²) in [6.07, 6.45) is 1.07. The van der Waals surface area contributed by atoms with Crippen LogP contribution < -0.4 is 5.32 Å². The van der Waals surface area contributed by atoms with Crippen LogP contribution in [0.4, 0.5) is 6.01 Å². The standard InChI is InChI=1S/C10H11N3O4/c1-5-6(2)17-8(12-5)3-11-10-13-7(4-16-10)9(14)15/h4H,3H2,1-2H3,(H,11,13)(H,14,15). The third-order valence-corrected chi connectivity index (χ3v) is 2.19. The molecule has 0 aliphatic rings. The molecule has 0 radical (unpaired) electrons. The number of nitrogens with one attached hydrogen (secondary N) is 1. The van der Waals surface area contributed by atoms with Crippen LogP contribution in [-0.4, -0.2) is 21.0 Å². The van der Waals surface area contributed by atoms with E-state index in [1.807, 2.05) is 13.8 Å². The Hall–Kier alpha value is -2.31. The van der Waals surface area contributed by atoms with Crippen molar-refractivity contribution in [2.24, 2.45) is 0 Å². The van der Waals surface area contributed by atoms with Crippen molar-refractivity contribution in [3.05, 3.63) is 29.3 Å². The van der Waals surface area contributed by atoms with E-state index >= 15 is 0 Å². The number of nitrogens with zero attached hydrogens (tertiary/aromatic N) is 2. The fourth-order valence-corrected chi connectivity index (χ4v) is 1.22. The second-order valence-corrected chi connectivity index (χ2v) is 3.45. The van der Waals surface area contributed by atoms with E-state index in [1.54, 1.807) is 0 Å². The summed E-state index contributed by atoms with van der Waals surface area (Å²) in [4.78, 5) is 18.4. The Morgan fingerprint density at radius 2 is 2.24 bits per heavy atom. The molecule has 0 aromatic carbocycles. The van der Waals surface area contributed by atoms with Crippen molar-refractivity contribution in [2.75, 3.05) is 5.32 Å². The molecule has 0 saturated heterocycles. The van der Waals surface area contributed by atoms with Crippen LogP contribution in [0.3, 0.4) is 0 Å². The molecule has 17 heavy (non-hydrogen) atoms. The summed E-state index contributed by atoms with van der Waals surface area (Å²) in [5.41, 5.74) is 0.674. The lowest BCUT2D eigenvalue weighted by Crippen LogP contribution is -2.01. The zero-order chi connectivity index (χ0) is 12.4. The van der Waals surface area contributed by atoms with Gasteiger partial charge in [-0.3, -0.25) is 0 Å². The van der Waals surface area contributed by atoms with Gasteiger partial charge in [-0.2, -0.15) is 4.98 Å². The van der Waals surface area contributed by atoms with Gasteiger partial charge < -0.3 is 19.3 Å². The van der Waals surface area contributed by atoms with Crippen LogP contribution in [0.5, 0.6) is 0 Å². The minimum atomic E-state index is -1.13. The molecule has 90 valence electrons. The zero-order valence-corrected chi connectivity index (χ0v) is 9.35. The molecule has 7 heteroatoms. The predicted molar refractivity (Wildman–Crippen MR) is 56.8 cm³/mol. The fraction of sp³-hybridized carbons (Fsp3) is 0.300. The first-order chi connectivity index (χ1) is 8.06. The molecule has 0 atom stereocenters. The van der Waals surface area contributed by atoms with E-state index < -0.39 is 5.97 Å². The summed E-state index contributed by atoms with van der Waals surface area (Å²) >= 11 is 0. The molecule has 0 saturated carbocycles. The second-order valence-electron chi connectivity index (χ2n) is 3.45. The van der Waals surface area contributed by atoms with Gasteiger partial charge in [-0.05, 0) is 13.8 Å². The third-order valence-electron chi connectivity index (χ3n) is 2.19. The van der Waals surface area contributed by atoms with Crippen molar-refractivity contribution < 1.29 is 18.7 Å². The monoisotopic (exact) mass is 237 g/mol.